The number of benzene rings is 1. The summed E-state index contributed by atoms with van der Waals surface area (Å²) in [7, 11) is 0. The molecule has 1 aromatic rings. The van der Waals surface area contributed by atoms with E-state index in [2.05, 4.69) is 5.32 Å². The van der Waals surface area contributed by atoms with E-state index >= 15 is 0 Å². The topological polar surface area (TPSA) is 46.2 Å². The molecule has 18 heavy (non-hydrogen) atoms. The third-order valence-corrected chi connectivity index (χ3v) is 3.88. The normalized spacial score (nSPS) is 17.4. The molecule has 0 radical (unpaired) electrons. The molecule has 0 unspecified atom stereocenters. The zero-order valence-electron chi connectivity index (χ0n) is 10.3. The molecule has 1 aliphatic carbocycles. The highest BCUT2D eigenvalue weighted by molar-refractivity contribution is 6.31. The van der Waals surface area contributed by atoms with Gasteiger partial charge in [0.1, 0.15) is 11.2 Å². The van der Waals surface area contributed by atoms with Crippen molar-refractivity contribution < 1.29 is 9.59 Å². The summed E-state index contributed by atoms with van der Waals surface area (Å²) in [6, 6.07) is 6.97. The summed E-state index contributed by atoms with van der Waals surface area (Å²) >= 11 is 5.87. The molecule has 1 fully saturated rings. The summed E-state index contributed by atoms with van der Waals surface area (Å²) in [5.74, 6) is -0.241. The zero-order chi connectivity index (χ0) is 13.2. The van der Waals surface area contributed by atoms with E-state index in [9.17, 15) is 9.59 Å². The van der Waals surface area contributed by atoms with E-state index < -0.39 is 5.41 Å². The van der Waals surface area contributed by atoms with Gasteiger partial charge in [0.25, 0.3) is 0 Å². The first-order chi connectivity index (χ1) is 8.54. The maximum absolute atomic E-state index is 12.3. The van der Waals surface area contributed by atoms with Crippen LogP contribution in [0.25, 0.3) is 0 Å². The fraction of sp³-hybridized carbons (Fsp3) is 0.429. The first kappa shape index (κ1) is 13.1. The molecule has 1 aromatic carbocycles. The monoisotopic (exact) mass is 265 g/mol. The van der Waals surface area contributed by atoms with Crippen LogP contribution in [0.4, 0.5) is 5.69 Å². The molecule has 1 N–H and O–H groups in total. The highest BCUT2D eigenvalue weighted by Crippen LogP contribution is 2.40. The van der Waals surface area contributed by atoms with Crippen LogP contribution in [-0.4, -0.2) is 11.7 Å². The van der Waals surface area contributed by atoms with Crippen LogP contribution in [0.1, 0.15) is 32.6 Å². The second-order valence-corrected chi connectivity index (χ2v) is 5.25. The summed E-state index contributed by atoms with van der Waals surface area (Å²) in [6.07, 6.45) is 3.16. The van der Waals surface area contributed by atoms with Gasteiger partial charge in [-0.1, -0.05) is 30.5 Å². The van der Waals surface area contributed by atoms with Crippen LogP contribution in [-0.2, 0) is 9.59 Å². The molecule has 0 spiro atoms. The lowest BCUT2D eigenvalue weighted by molar-refractivity contribution is -0.137. The third kappa shape index (κ3) is 2.41. The zero-order valence-corrected chi connectivity index (χ0v) is 11.1. The van der Waals surface area contributed by atoms with Gasteiger partial charge in [0.15, 0.2) is 0 Å². The number of halogens is 1. The van der Waals surface area contributed by atoms with Crippen molar-refractivity contribution in [1.82, 2.24) is 0 Å². The number of hydrogen-bond acceptors (Lipinski definition) is 2. The number of anilines is 1. The average molecular weight is 266 g/mol. The van der Waals surface area contributed by atoms with Crippen molar-refractivity contribution in [2.75, 3.05) is 5.32 Å². The SMILES string of the molecule is CC(=O)C1(C(=O)Nc2cccc(Cl)c2)CCCC1. The Morgan fingerprint density at radius 1 is 1.28 bits per heavy atom. The lowest BCUT2D eigenvalue weighted by Crippen LogP contribution is -2.39. The predicted molar refractivity (Wildman–Crippen MR) is 71.7 cm³/mol. The molecular weight excluding hydrogens is 250 g/mol. The van der Waals surface area contributed by atoms with E-state index in [4.69, 9.17) is 11.6 Å². The van der Waals surface area contributed by atoms with E-state index in [0.29, 0.717) is 23.6 Å². The molecule has 96 valence electrons. The van der Waals surface area contributed by atoms with Crippen LogP contribution >= 0.6 is 11.6 Å². The van der Waals surface area contributed by atoms with Crippen LogP contribution < -0.4 is 5.32 Å². The Morgan fingerprint density at radius 3 is 2.50 bits per heavy atom. The van der Waals surface area contributed by atoms with E-state index in [1.54, 1.807) is 24.3 Å². The first-order valence-electron chi connectivity index (χ1n) is 6.13. The number of rotatable bonds is 3. The molecule has 1 amide bonds. The molecular formula is C14H16ClNO2. The van der Waals surface area contributed by atoms with Crippen LogP contribution in [0.2, 0.25) is 5.02 Å². The van der Waals surface area contributed by atoms with Gasteiger partial charge in [-0.25, -0.2) is 0 Å². The molecule has 0 aliphatic heterocycles. The van der Waals surface area contributed by atoms with Crippen molar-refractivity contribution in [2.24, 2.45) is 5.41 Å². The summed E-state index contributed by atoms with van der Waals surface area (Å²) in [5, 5.41) is 3.37. The standard InChI is InChI=1S/C14H16ClNO2/c1-10(17)14(7-2-3-8-14)13(18)16-12-6-4-5-11(15)9-12/h4-6,9H,2-3,7-8H2,1H3,(H,16,18). The van der Waals surface area contributed by atoms with Gasteiger partial charge in [0.2, 0.25) is 5.91 Å². The quantitative estimate of drug-likeness (QED) is 0.851. The summed E-state index contributed by atoms with van der Waals surface area (Å²) in [4.78, 5) is 24.1. The fourth-order valence-electron chi connectivity index (χ4n) is 2.53. The van der Waals surface area contributed by atoms with Crippen LogP contribution in [0.5, 0.6) is 0 Å². The maximum atomic E-state index is 12.3. The highest BCUT2D eigenvalue weighted by Gasteiger charge is 2.45. The van der Waals surface area contributed by atoms with Crippen molar-refractivity contribution in [3.8, 4) is 0 Å². The van der Waals surface area contributed by atoms with Crippen molar-refractivity contribution >= 4 is 29.0 Å². The Bertz CT molecular complexity index is 478. The lowest BCUT2D eigenvalue weighted by atomic mass is 9.81. The minimum atomic E-state index is -0.831. The number of hydrogen-bond donors (Lipinski definition) is 1. The number of amides is 1. The Balaban J connectivity index is 2.18. The number of nitrogens with one attached hydrogen (secondary N) is 1. The van der Waals surface area contributed by atoms with Gasteiger partial charge in [-0.15, -0.1) is 0 Å². The van der Waals surface area contributed by atoms with Crippen molar-refractivity contribution in [3.63, 3.8) is 0 Å². The fourth-order valence-corrected chi connectivity index (χ4v) is 2.72. The number of carbonyl (C=O) groups is 2. The van der Waals surface area contributed by atoms with Crippen molar-refractivity contribution in [2.45, 2.75) is 32.6 Å². The Hall–Kier alpha value is -1.35. The van der Waals surface area contributed by atoms with E-state index in [1.807, 2.05) is 0 Å². The summed E-state index contributed by atoms with van der Waals surface area (Å²) in [5.41, 5.74) is -0.192. The van der Waals surface area contributed by atoms with Crippen molar-refractivity contribution in [3.05, 3.63) is 29.3 Å². The van der Waals surface area contributed by atoms with Crippen molar-refractivity contribution in [1.29, 1.82) is 0 Å². The molecule has 0 bridgehead atoms. The molecule has 0 aromatic heterocycles. The molecule has 0 atom stereocenters. The lowest BCUT2D eigenvalue weighted by Gasteiger charge is -2.24. The second-order valence-electron chi connectivity index (χ2n) is 4.81. The molecule has 3 nitrogen and oxygen atoms in total. The number of ketones is 1. The second kappa shape index (κ2) is 5.11. The smallest absolute Gasteiger partial charge is 0.238 e. The maximum Gasteiger partial charge on any atom is 0.238 e. The average Bonchev–Trinajstić information content (AvgIpc) is 2.79. The van der Waals surface area contributed by atoms with Gasteiger partial charge in [0.05, 0.1) is 0 Å². The van der Waals surface area contributed by atoms with Gasteiger partial charge in [-0.2, -0.15) is 0 Å². The first-order valence-corrected chi connectivity index (χ1v) is 6.50. The van der Waals surface area contributed by atoms with E-state index in [-0.39, 0.29) is 11.7 Å². The van der Waals surface area contributed by atoms with Gasteiger partial charge in [-0.3, -0.25) is 9.59 Å². The molecule has 4 heteroatoms. The third-order valence-electron chi connectivity index (χ3n) is 3.65. The number of Topliss-reactive ketones (excluding diaryl/α,β-unsaturated/α-hetero) is 1. The summed E-state index contributed by atoms with van der Waals surface area (Å²) in [6.45, 7) is 1.50. The van der Waals surface area contributed by atoms with Crippen LogP contribution in [0.3, 0.4) is 0 Å². The van der Waals surface area contributed by atoms with Gasteiger partial charge in [-0.05, 0) is 38.0 Å². The molecule has 0 heterocycles. The minimum absolute atomic E-state index is 0.0421. The van der Waals surface area contributed by atoms with Crippen LogP contribution in [0.15, 0.2) is 24.3 Å². The predicted octanol–water partition coefficient (Wildman–Crippen LogP) is 3.43. The number of carbonyl (C=O) groups excluding carboxylic acids is 2. The Labute approximate surface area is 112 Å². The molecule has 2 rings (SSSR count). The van der Waals surface area contributed by atoms with E-state index in [0.717, 1.165) is 12.8 Å². The molecule has 1 saturated carbocycles. The highest BCUT2D eigenvalue weighted by atomic mass is 35.5. The Morgan fingerprint density at radius 2 is 1.94 bits per heavy atom. The Kier molecular flexibility index (Phi) is 3.71. The molecule has 0 saturated heterocycles. The minimum Gasteiger partial charge on any atom is -0.325 e. The van der Waals surface area contributed by atoms with Gasteiger partial charge in [0, 0.05) is 10.7 Å². The van der Waals surface area contributed by atoms with E-state index in [1.165, 1.54) is 6.92 Å². The summed E-state index contributed by atoms with van der Waals surface area (Å²) < 4.78 is 0. The van der Waals surface area contributed by atoms with Gasteiger partial charge >= 0.3 is 0 Å². The van der Waals surface area contributed by atoms with Gasteiger partial charge < -0.3 is 5.32 Å². The largest absolute Gasteiger partial charge is 0.325 e. The molecule has 1 aliphatic rings. The van der Waals surface area contributed by atoms with Crippen LogP contribution in [0, 0.1) is 5.41 Å².